The first-order valence-electron chi connectivity index (χ1n) is 5.15. The third-order valence-electron chi connectivity index (χ3n) is 1.99. The number of carboxylic acids is 1. The quantitative estimate of drug-likeness (QED) is 0.711. The van der Waals surface area contributed by atoms with E-state index in [1.54, 1.807) is 11.4 Å². The lowest BCUT2D eigenvalue weighted by Gasteiger charge is -2.07. The number of hydrogen-bond acceptors (Lipinski definition) is 4. The number of nitriles is 1. The second kappa shape index (κ2) is 6.65. The third-order valence-corrected chi connectivity index (χ3v) is 1.99. The highest BCUT2D eigenvalue weighted by atomic mass is 19.1. The summed E-state index contributed by atoms with van der Waals surface area (Å²) in [5, 5.41) is 20.9. The van der Waals surface area contributed by atoms with Crippen LogP contribution in [-0.4, -0.2) is 23.0 Å². The van der Waals surface area contributed by atoms with E-state index in [0.29, 0.717) is 12.2 Å². The van der Waals surface area contributed by atoms with Crippen molar-refractivity contribution in [2.24, 2.45) is 0 Å². The zero-order valence-electron chi connectivity index (χ0n) is 9.88. The van der Waals surface area contributed by atoms with E-state index in [-0.39, 0.29) is 11.3 Å². The summed E-state index contributed by atoms with van der Waals surface area (Å²) in [5.41, 5.74) is -0.490. The van der Waals surface area contributed by atoms with E-state index in [2.05, 4.69) is 5.32 Å². The Kier molecular flexibility index (Phi) is 4.94. The molecule has 1 rings (SSSR count). The molecule has 0 saturated carbocycles. The van der Waals surface area contributed by atoms with Gasteiger partial charge in [0.25, 0.3) is 5.91 Å². The molecule has 1 aromatic carbocycles. The highest BCUT2D eigenvalue weighted by Gasteiger charge is 2.11. The van der Waals surface area contributed by atoms with Gasteiger partial charge in [-0.25, -0.2) is 14.0 Å². The molecule has 1 aromatic rings. The van der Waals surface area contributed by atoms with Gasteiger partial charge in [0.1, 0.15) is 17.4 Å². The predicted octanol–water partition coefficient (Wildman–Crippen LogP) is 0.986. The largest absolute Gasteiger partial charge is 0.478 e. The number of nitrogens with one attached hydrogen (secondary N) is 2. The van der Waals surface area contributed by atoms with Crippen molar-refractivity contribution in [2.45, 2.75) is 0 Å². The molecule has 0 unspecified atom stereocenters. The molecule has 3 amide bonds. The smallest absolute Gasteiger partial charge is 0.328 e. The molecule has 20 heavy (non-hydrogen) atoms. The average molecular weight is 277 g/mol. The van der Waals surface area contributed by atoms with Crippen molar-refractivity contribution in [1.82, 2.24) is 5.32 Å². The van der Waals surface area contributed by atoms with Gasteiger partial charge < -0.3 is 10.4 Å². The van der Waals surface area contributed by atoms with Gasteiger partial charge in [-0.1, -0.05) is 6.07 Å². The number of hydrogen-bond donors (Lipinski definition) is 3. The number of carboxylic acid groups (broad SMARTS) is 1. The van der Waals surface area contributed by atoms with Crippen molar-refractivity contribution in [1.29, 1.82) is 5.26 Å². The molecule has 7 nitrogen and oxygen atoms in total. The summed E-state index contributed by atoms with van der Waals surface area (Å²) in [6.07, 6.45) is 1.18. The minimum atomic E-state index is -1.35. The van der Waals surface area contributed by atoms with Crippen LogP contribution in [0.15, 0.2) is 30.4 Å². The van der Waals surface area contributed by atoms with Crippen LogP contribution >= 0.6 is 0 Å². The van der Waals surface area contributed by atoms with Crippen molar-refractivity contribution >= 4 is 23.6 Å². The Morgan fingerprint density at radius 2 is 2.00 bits per heavy atom. The molecule has 0 heterocycles. The highest BCUT2D eigenvalue weighted by molar-refractivity contribution is 6.06. The maximum atomic E-state index is 13.2. The van der Waals surface area contributed by atoms with E-state index in [0.717, 1.165) is 6.07 Å². The Hall–Kier alpha value is -3.21. The van der Waals surface area contributed by atoms with Crippen LogP contribution < -0.4 is 10.6 Å². The Labute approximate surface area is 112 Å². The van der Waals surface area contributed by atoms with Crippen LogP contribution in [-0.2, 0) is 9.59 Å². The molecule has 0 saturated heterocycles. The lowest BCUT2D eigenvalue weighted by atomic mass is 10.2. The monoisotopic (exact) mass is 277 g/mol. The lowest BCUT2D eigenvalue weighted by molar-refractivity contribution is -0.131. The van der Waals surface area contributed by atoms with E-state index in [9.17, 15) is 18.8 Å². The maximum absolute atomic E-state index is 13.2. The van der Waals surface area contributed by atoms with Crippen molar-refractivity contribution in [3.63, 3.8) is 0 Å². The Morgan fingerprint density at radius 1 is 1.30 bits per heavy atom. The summed E-state index contributed by atoms with van der Waals surface area (Å²) in [4.78, 5) is 32.7. The van der Waals surface area contributed by atoms with Gasteiger partial charge in [0, 0.05) is 12.2 Å². The highest BCUT2D eigenvalue weighted by Crippen LogP contribution is 2.17. The van der Waals surface area contributed by atoms with E-state index in [4.69, 9.17) is 10.4 Å². The molecule has 8 heteroatoms. The number of carbonyl (C=O) groups is 3. The van der Waals surface area contributed by atoms with Gasteiger partial charge in [-0.3, -0.25) is 10.1 Å². The number of amides is 3. The molecule has 0 radical (unpaired) electrons. The average Bonchev–Trinajstić information content (AvgIpc) is 2.36. The van der Waals surface area contributed by atoms with Crippen LogP contribution in [0.25, 0.3) is 0 Å². The number of anilines is 1. The fourth-order valence-electron chi connectivity index (χ4n) is 1.20. The summed E-state index contributed by atoms with van der Waals surface area (Å²) in [6.45, 7) is 0. The Morgan fingerprint density at radius 3 is 2.60 bits per heavy atom. The first-order chi connectivity index (χ1) is 9.43. The fraction of sp³-hybridized carbons (Fsp3) is 0. The first kappa shape index (κ1) is 14.8. The van der Waals surface area contributed by atoms with Crippen LogP contribution in [0, 0.1) is 17.1 Å². The SMILES string of the molecule is N#Cc1c(F)cccc1NC(=O)NC(=O)/C=C/C(=O)O. The fourth-order valence-corrected chi connectivity index (χ4v) is 1.20. The van der Waals surface area contributed by atoms with Crippen LogP contribution in [0.2, 0.25) is 0 Å². The van der Waals surface area contributed by atoms with Gasteiger partial charge in [0.05, 0.1) is 5.69 Å². The summed E-state index contributed by atoms with van der Waals surface area (Å²) in [5.74, 6) is -3.14. The second-order valence-corrected chi connectivity index (χ2v) is 3.39. The molecule has 0 aliphatic rings. The second-order valence-electron chi connectivity index (χ2n) is 3.39. The summed E-state index contributed by atoms with van der Waals surface area (Å²) in [6, 6.07) is 4.14. The van der Waals surface area contributed by atoms with Gasteiger partial charge in [-0.2, -0.15) is 5.26 Å². The number of nitrogens with zero attached hydrogens (tertiary/aromatic N) is 1. The first-order valence-corrected chi connectivity index (χ1v) is 5.15. The van der Waals surface area contributed by atoms with Gasteiger partial charge in [-0.05, 0) is 12.1 Å². The van der Waals surface area contributed by atoms with Gasteiger partial charge >= 0.3 is 12.0 Å². The number of imide groups is 1. The number of aliphatic carboxylic acids is 1. The zero-order valence-corrected chi connectivity index (χ0v) is 9.88. The normalized spacial score (nSPS) is 9.80. The topological polar surface area (TPSA) is 119 Å². The molecule has 0 atom stereocenters. The van der Waals surface area contributed by atoms with Crippen LogP contribution in [0.3, 0.4) is 0 Å². The molecular weight excluding hydrogens is 269 g/mol. The minimum absolute atomic E-state index is 0.111. The molecule has 0 spiro atoms. The number of rotatable bonds is 3. The van der Waals surface area contributed by atoms with Crippen molar-refractivity contribution in [3.05, 3.63) is 41.7 Å². The standard InChI is InChI=1S/C12H8FN3O4/c13-8-2-1-3-9(7(8)6-14)15-12(20)16-10(17)4-5-11(18)19/h1-5H,(H,18,19)(H2,15,16,17,20)/b5-4+. The maximum Gasteiger partial charge on any atom is 0.328 e. The Balaban J connectivity index is 2.73. The third kappa shape index (κ3) is 4.23. The number of carbonyl (C=O) groups excluding carboxylic acids is 2. The van der Waals surface area contributed by atoms with Crippen LogP contribution in [0.4, 0.5) is 14.9 Å². The van der Waals surface area contributed by atoms with E-state index in [1.165, 1.54) is 12.1 Å². The molecule has 0 aromatic heterocycles. The molecule has 3 N–H and O–H groups in total. The van der Waals surface area contributed by atoms with Gasteiger partial charge in [0.15, 0.2) is 0 Å². The van der Waals surface area contributed by atoms with Crippen molar-refractivity contribution in [2.75, 3.05) is 5.32 Å². The number of halogens is 1. The number of benzene rings is 1. The molecule has 0 aliphatic carbocycles. The van der Waals surface area contributed by atoms with Gasteiger partial charge in [0.2, 0.25) is 0 Å². The van der Waals surface area contributed by atoms with Crippen LogP contribution in [0.5, 0.6) is 0 Å². The van der Waals surface area contributed by atoms with E-state index >= 15 is 0 Å². The van der Waals surface area contributed by atoms with E-state index < -0.39 is 23.7 Å². The number of urea groups is 1. The van der Waals surface area contributed by atoms with E-state index in [1.807, 2.05) is 0 Å². The molecule has 102 valence electrons. The van der Waals surface area contributed by atoms with Crippen LogP contribution in [0.1, 0.15) is 5.56 Å². The lowest BCUT2D eigenvalue weighted by Crippen LogP contribution is -2.33. The molecule has 0 fully saturated rings. The summed E-state index contributed by atoms with van der Waals surface area (Å²) >= 11 is 0. The minimum Gasteiger partial charge on any atom is -0.478 e. The summed E-state index contributed by atoms with van der Waals surface area (Å²) < 4.78 is 13.2. The van der Waals surface area contributed by atoms with Gasteiger partial charge in [-0.15, -0.1) is 0 Å². The van der Waals surface area contributed by atoms with Crippen molar-refractivity contribution in [3.8, 4) is 6.07 Å². The zero-order chi connectivity index (χ0) is 15.1. The molecular formula is C12H8FN3O4. The Bertz CT molecular complexity index is 634. The summed E-state index contributed by atoms with van der Waals surface area (Å²) in [7, 11) is 0. The molecule has 0 bridgehead atoms. The van der Waals surface area contributed by atoms with Crippen molar-refractivity contribution < 1.29 is 23.9 Å². The predicted molar refractivity (Wildman–Crippen MR) is 65.1 cm³/mol. The molecule has 0 aliphatic heterocycles.